The Balaban J connectivity index is 1.90. The number of hydrogen-bond acceptors (Lipinski definition) is 5. The van der Waals surface area contributed by atoms with E-state index in [-0.39, 0.29) is 5.82 Å². The largest absolute Gasteiger partial charge is 0.339 e. The molecule has 0 spiro atoms. The van der Waals surface area contributed by atoms with Gasteiger partial charge < -0.3 is 4.52 Å². The summed E-state index contributed by atoms with van der Waals surface area (Å²) in [6, 6.07) is 8.36. The number of aromatic nitrogens is 2. The lowest BCUT2D eigenvalue weighted by Crippen LogP contribution is -1.87. The number of thioether (sulfide) groups is 1. The van der Waals surface area contributed by atoms with Crippen LogP contribution in [-0.2, 0) is 12.2 Å². The molecule has 0 unspecified atom stereocenters. The van der Waals surface area contributed by atoms with Crippen LogP contribution >= 0.6 is 11.8 Å². The first-order valence-electron chi connectivity index (χ1n) is 5.34. The topological polar surface area (TPSA) is 62.7 Å². The Morgan fingerprint density at radius 3 is 3.11 bits per heavy atom. The average molecular weight is 263 g/mol. The number of nitriles is 1. The minimum absolute atomic E-state index is 0.261. The Morgan fingerprint density at radius 1 is 1.44 bits per heavy atom. The van der Waals surface area contributed by atoms with Crippen molar-refractivity contribution in [1.29, 1.82) is 5.26 Å². The zero-order valence-electron chi connectivity index (χ0n) is 9.47. The van der Waals surface area contributed by atoms with Crippen LogP contribution in [0.5, 0.6) is 0 Å². The number of nitrogens with zero attached hydrogens (tertiary/aromatic N) is 3. The molecule has 0 bridgehead atoms. The number of benzene rings is 1. The van der Waals surface area contributed by atoms with Gasteiger partial charge in [-0.25, -0.2) is 4.39 Å². The van der Waals surface area contributed by atoms with E-state index in [1.54, 1.807) is 6.07 Å². The first kappa shape index (κ1) is 12.6. The van der Waals surface area contributed by atoms with Crippen molar-refractivity contribution in [2.24, 2.45) is 0 Å². The average Bonchev–Trinajstić information content (AvgIpc) is 2.82. The zero-order valence-corrected chi connectivity index (χ0v) is 10.3. The van der Waals surface area contributed by atoms with Crippen LogP contribution in [0.25, 0.3) is 0 Å². The molecule has 1 aromatic heterocycles. The Hall–Kier alpha value is -1.87. The molecule has 1 heterocycles. The molecule has 0 aliphatic rings. The summed E-state index contributed by atoms with van der Waals surface area (Å²) in [6.07, 6.45) is 0.826. The van der Waals surface area contributed by atoms with Gasteiger partial charge in [0.05, 0.1) is 11.8 Å². The molecule has 0 aliphatic carbocycles. The van der Waals surface area contributed by atoms with Gasteiger partial charge in [0.2, 0.25) is 5.89 Å². The molecule has 6 heteroatoms. The quantitative estimate of drug-likeness (QED) is 0.776. The van der Waals surface area contributed by atoms with Crippen molar-refractivity contribution in [3.63, 3.8) is 0 Å². The molecule has 0 atom stereocenters. The van der Waals surface area contributed by atoms with E-state index < -0.39 is 0 Å². The molecule has 92 valence electrons. The van der Waals surface area contributed by atoms with Gasteiger partial charge in [0.15, 0.2) is 5.82 Å². The van der Waals surface area contributed by atoms with Crippen molar-refractivity contribution in [2.45, 2.75) is 23.5 Å². The smallest absolute Gasteiger partial charge is 0.227 e. The number of rotatable bonds is 5. The van der Waals surface area contributed by atoms with E-state index in [2.05, 4.69) is 10.1 Å². The Kier molecular flexibility index (Phi) is 4.31. The molecule has 4 nitrogen and oxygen atoms in total. The lowest BCUT2D eigenvalue weighted by Gasteiger charge is -1.97. The Morgan fingerprint density at radius 2 is 2.33 bits per heavy atom. The van der Waals surface area contributed by atoms with Crippen molar-refractivity contribution >= 4 is 11.8 Å². The molecule has 0 aliphatic heterocycles. The monoisotopic (exact) mass is 263 g/mol. The van der Waals surface area contributed by atoms with Gasteiger partial charge in [-0.05, 0) is 18.2 Å². The van der Waals surface area contributed by atoms with Gasteiger partial charge in [0, 0.05) is 17.7 Å². The van der Waals surface area contributed by atoms with Crippen LogP contribution in [0.1, 0.15) is 18.1 Å². The highest BCUT2D eigenvalue weighted by Crippen LogP contribution is 2.22. The van der Waals surface area contributed by atoms with E-state index >= 15 is 0 Å². The summed E-state index contributed by atoms with van der Waals surface area (Å²) in [5, 5.41) is 12.2. The van der Waals surface area contributed by atoms with E-state index in [0.29, 0.717) is 30.3 Å². The summed E-state index contributed by atoms with van der Waals surface area (Å²) in [6.45, 7) is 0. The van der Waals surface area contributed by atoms with Crippen LogP contribution in [-0.4, -0.2) is 10.1 Å². The zero-order chi connectivity index (χ0) is 12.8. The van der Waals surface area contributed by atoms with Gasteiger partial charge in [-0.3, -0.25) is 0 Å². The highest BCUT2D eigenvalue weighted by atomic mass is 32.2. The second-order valence-electron chi connectivity index (χ2n) is 3.51. The van der Waals surface area contributed by atoms with Gasteiger partial charge in [0.1, 0.15) is 5.82 Å². The summed E-state index contributed by atoms with van der Waals surface area (Å²) in [5.74, 6) is 1.27. The Labute approximate surface area is 108 Å². The third kappa shape index (κ3) is 3.57. The molecule has 2 rings (SSSR count). The van der Waals surface area contributed by atoms with Crippen molar-refractivity contribution in [1.82, 2.24) is 10.1 Å². The lowest BCUT2D eigenvalue weighted by molar-refractivity contribution is 0.375. The molecule has 1 aromatic carbocycles. The Bertz CT molecular complexity index is 564. The van der Waals surface area contributed by atoms with E-state index in [1.807, 2.05) is 12.1 Å². The molecule has 0 amide bonds. The summed E-state index contributed by atoms with van der Waals surface area (Å²) in [7, 11) is 0. The second kappa shape index (κ2) is 6.17. The summed E-state index contributed by atoms with van der Waals surface area (Å²) in [4.78, 5) is 4.96. The van der Waals surface area contributed by atoms with Crippen molar-refractivity contribution in [3.8, 4) is 6.07 Å². The van der Waals surface area contributed by atoms with Crippen molar-refractivity contribution < 1.29 is 8.91 Å². The van der Waals surface area contributed by atoms with E-state index in [9.17, 15) is 4.39 Å². The molecule has 0 fully saturated rings. The van der Waals surface area contributed by atoms with Gasteiger partial charge in [-0.15, -0.1) is 11.8 Å². The predicted molar refractivity (Wildman–Crippen MR) is 64.2 cm³/mol. The number of aryl methyl sites for hydroxylation is 1. The van der Waals surface area contributed by atoms with Gasteiger partial charge in [0.25, 0.3) is 0 Å². The van der Waals surface area contributed by atoms with Crippen LogP contribution in [0.2, 0.25) is 0 Å². The van der Waals surface area contributed by atoms with Gasteiger partial charge in [-0.2, -0.15) is 10.2 Å². The lowest BCUT2D eigenvalue weighted by atomic mass is 10.3. The molecular weight excluding hydrogens is 253 g/mol. The van der Waals surface area contributed by atoms with Gasteiger partial charge >= 0.3 is 0 Å². The van der Waals surface area contributed by atoms with Crippen LogP contribution in [0.15, 0.2) is 33.7 Å². The first-order chi connectivity index (χ1) is 8.78. The maximum absolute atomic E-state index is 12.9. The second-order valence-corrected chi connectivity index (χ2v) is 4.56. The van der Waals surface area contributed by atoms with Crippen molar-refractivity contribution in [3.05, 3.63) is 41.8 Å². The number of hydrogen-bond donors (Lipinski definition) is 0. The fourth-order valence-electron chi connectivity index (χ4n) is 1.32. The normalized spacial score (nSPS) is 10.2. The summed E-state index contributed by atoms with van der Waals surface area (Å²) < 4.78 is 17.9. The van der Waals surface area contributed by atoms with E-state index in [1.165, 1.54) is 23.9 Å². The van der Waals surface area contributed by atoms with Crippen LogP contribution in [0, 0.1) is 17.1 Å². The summed E-state index contributed by atoms with van der Waals surface area (Å²) in [5.41, 5.74) is 0. The van der Waals surface area contributed by atoms with Crippen LogP contribution < -0.4 is 0 Å². The maximum Gasteiger partial charge on any atom is 0.227 e. The fraction of sp³-hybridized carbons (Fsp3) is 0.250. The molecule has 18 heavy (non-hydrogen) atoms. The standard InChI is InChI=1S/C12H10FN3OS/c13-9-3-1-4-10(7-9)18-8-11-15-12(17-16-11)5-2-6-14/h1,3-4,7H,2,5,8H2. The minimum atomic E-state index is -0.261. The summed E-state index contributed by atoms with van der Waals surface area (Å²) >= 11 is 1.43. The van der Waals surface area contributed by atoms with E-state index in [0.717, 1.165) is 4.90 Å². The highest BCUT2D eigenvalue weighted by molar-refractivity contribution is 7.98. The SMILES string of the molecule is N#CCCc1nc(CSc2cccc(F)c2)no1. The third-order valence-corrected chi connectivity index (χ3v) is 3.11. The molecule has 0 saturated carbocycles. The van der Waals surface area contributed by atoms with Gasteiger partial charge in [-0.1, -0.05) is 11.2 Å². The van der Waals surface area contributed by atoms with E-state index in [4.69, 9.17) is 9.78 Å². The molecular formula is C12H10FN3OS. The fourth-order valence-corrected chi connectivity index (χ4v) is 2.10. The molecule has 0 radical (unpaired) electrons. The number of halogens is 1. The molecule has 2 aromatic rings. The predicted octanol–water partition coefficient (Wildman–Crippen LogP) is 2.96. The third-order valence-electron chi connectivity index (χ3n) is 2.12. The van der Waals surface area contributed by atoms with Crippen molar-refractivity contribution in [2.75, 3.05) is 0 Å². The minimum Gasteiger partial charge on any atom is -0.339 e. The molecule has 0 N–H and O–H groups in total. The molecule has 0 saturated heterocycles. The highest BCUT2D eigenvalue weighted by Gasteiger charge is 2.06. The first-order valence-corrected chi connectivity index (χ1v) is 6.33. The van der Waals surface area contributed by atoms with Crippen LogP contribution in [0.4, 0.5) is 4.39 Å². The maximum atomic E-state index is 12.9. The van der Waals surface area contributed by atoms with Crippen LogP contribution in [0.3, 0.4) is 0 Å².